The van der Waals surface area contributed by atoms with Gasteiger partial charge in [-0.05, 0) is 36.6 Å². The second-order valence-corrected chi connectivity index (χ2v) is 5.93. The van der Waals surface area contributed by atoms with E-state index in [1.54, 1.807) is 19.2 Å². The molecule has 0 radical (unpaired) electrons. The van der Waals surface area contributed by atoms with Gasteiger partial charge < -0.3 is 14.6 Å². The van der Waals surface area contributed by atoms with Gasteiger partial charge in [0, 0.05) is 26.9 Å². The molecule has 6 nitrogen and oxygen atoms in total. The van der Waals surface area contributed by atoms with Crippen molar-refractivity contribution in [2.75, 3.05) is 34.0 Å². The summed E-state index contributed by atoms with van der Waals surface area (Å²) in [6, 6.07) is 4.70. The number of aliphatic hydroxyl groups is 1. The van der Waals surface area contributed by atoms with Crippen molar-refractivity contribution in [3.05, 3.63) is 23.8 Å². The Morgan fingerprint density at radius 3 is 2.65 bits per heavy atom. The van der Waals surface area contributed by atoms with Crippen LogP contribution in [0.15, 0.2) is 23.1 Å². The number of hydrogen-bond donors (Lipinski definition) is 2. The number of aliphatic hydroxyl groups excluding tert-OH is 1. The number of rotatable bonds is 9. The average Bonchev–Trinajstić information content (AvgIpc) is 2.43. The van der Waals surface area contributed by atoms with Gasteiger partial charge in [0.2, 0.25) is 10.0 Å². The largest absolute Gasteiger partial charge is 0.497 e. The summed E-state index contributed by atoms with van der Waals surface area (Å²) in [6.07, 6.45) is 0.854. The summed E-state index contributed by atoms with van der Waals surface area (Å²) in [4.78, 5) is 0.171. The van der Waals surface area contributed by atoms with E-state index in [9.17, 15) is 8.42 Å². The van der Waals surface area contributed by atoms with E-state index in [0.717, 1.165) is 0 Å². The number of hydrogen-bond acceptors (Lipinski definition) is 5. The van der Waals surface area contributed by atoms with E-state index in [-0.39, 0.29) is 17.9 Å². The fraction of sp³-hybridized carbons (Fsp3) is 0.538. The summed E-state index contributed by atoms with van der Waals surface area (Å²) >= 11 is 0. The van der Waals surface area contributed by atoms with Gasteiger partial charge in [0.1, 0.15) is 5.75 Å². The Morgan fingerprint density at radius 1 is 1.30 bits per heavy atom. The first-order valence-electron chi connectivity index (χ1n) is 6.31. The van der Waals surface area contributed by atoms with E-state index in [4.69, 9.17) is 14.6 Å². The molecule has 0 aliphatic carbocycles. The first-order chi connectivity index (χ1) is 9.55. The van der Waals surface area contributed by atoms with E-state index in [0.29, 0.717) is 30.9 Å². The lowest BCUT2D eigenvalue weighted by Crippen LogP contribution is -2.26. The maximum Gasteiger partial charge on any atom is 0.240 e. The van der Waals surface area contributed by atoms with Gasteiger partial charge in [-0.3, -0.25) is 0 Å². The summed E-state index contributed by atoms with van der Waals surface area (Å²) in [5.41, 5.74) is 0.533. The maximum absolute atomic E-state index is 12.2. The molecule has 0 atom stereocenters. The van der Waals surface area contributed by atoms with Gasteiger partial charge in [-0.25, -0.2) is 13.1 Å². The minimum atomic E-state index is -3.59. The Morgan fingerprint density at radius 2 is 2.05 bits per heavy atom. The third-order valence-corrected chi connectivity index (χ3v) is 4.32. The van der Waals surface area contributed by atoms with E-state index >= 15 is 0 Å². The van der Waals surface area contributed by atoms with E-state index < -0.39 is 10.0 Å². The molecule has 0 saturated carbocycles. The summed E-state index contributed by atoms with van der Waals surface area (Å²) in [6.45, 7) is 0.675. The highest BCUT2D eigenvalue weighted by atomic mass is 32.2. The van der Waals surface area contributed by atoms with Crippen LogP contribution in [0.2, 0.25) is 0 Å². The molecule has 0 heterocycles. The number of benzene rings is 1. The highest BCUT2D eigenvalue weighted by molar-refractivity contribution is 7.89. The van der Waals surface area contributed by atoms with Crippen molar-refractivity contribution in [1.29, 1.82) is 0 Å². The van der Waals surface area contributed by atoms with Crippen LogP contribution in [0.4, 0.5) is 0 Å². The number of sulfonamides is 1. The summed E-state index contributed by atoms with van der Waals surface area (Å²) in [5, 5.41) is 9.05. The first-order valence-corrected chi connectivity index (χ1v) is 7.80. The van der Waals surface area contributed by atoms with Crippen LogP contribution in [-0.4, -0.2) is 47.5 Å². The van der Waals surface area contributed by atoms with Crippen LogP contribution in [0.1, 0.15) is 12.0 Å². The van der Waals surface area contributed by atoms with Gasteiger partial charge in [-0.2, -0.15) is 0 Å². The molecule has 20 heavy (non-hydrogen) atoms. The lowest BCUT2D eigenvalue weighted by molar-refractivity contribution is 0.196. The van der Waals surface area contributed by atoms with Gasteiger partial charge >= 0.3 is 0 Å². The second-order valence-electron chi connectivity index (χ2n) is 4.19. The smallest absolute Gasteiger partial charge is 0.240 e. The van der Waals surface area contributed by atoms with Crippen LogP contribution in [0.3, 0.4) is 0 Å². The predicted molar refractivity (Wildman–Crippen MR) is 75.5 cm³/mol. The van der Waals surface area contributed by atoms with Crippen molar-refractivity contribution in [2.24, 2.45) is 0 Å². The normalized spacial score (nSPS) is 11.6. The fourth-order valence-corrected chi connectivity index (χ4v) is 3.08. The minimum absolute atomic E-state index is 0.126. The summed E-state index contributed by atoms with van der Waals surface area (Å²) in [5.74, 6) is 0.562. The molecule has 0 spiro atoms. The highest BCUT2D eigenvalue weighted by Gasteiger charge is 2.18. The predicted octanol–water partition coefficient (Wildman–Crippen LogP) is 0.545. The van der Waals surface area contributed by atoms with Crippen LogP contribution in [0.25, 0.3) is 0 Å². The van der Waals surface area contributed by atoms with Gasteiger partial charge in [-0.1, -0.05) is 0 Å². The molecular weight excluding hydrogens is 282 g/mol. The van der Waals surface area contributed by atoms with Crippen LogP contribution in [0, 0.1) is 0 Å². The van der Waals surface area contributed by atoms with E-state index in [1.165, 1.54) is 13.2 Å². The lowest BCUT2D eigenvalue weighted by Gasteiger charge is -2.12. The summed E-state index contributed by atoms with van der Waals surface area (Å²) < 4.78 is 36.9. The summed E-state index contributed by atoms with van der Waals surface area (Å²) in [7, 11) is -0.515. The highest BCUT2D eigenvalue weighted by Crippen LogP contribution is 2.22. The van der Waals surface area contributed by atoms with Gasteiger partial charge in [-0.15, -0.1) is 0 Å². The number of methoxy groups -OCH3 is 2. The molecule has 2 N–H and O–H groups in total. The molecular formula is C13H21NO5S. The molecule has 1 aromatic rings. The Hall–Kier alpha value is -1.15. The second kappa shape index (κ2) is 8.21. The molecule has 114 valence electrons. The van der Waals surface area contributed by atoms with Gasteiger partial charge in [0.05, 0.1) is 12.0 Å². The maximum atomic E-state index is 12.2. The van der Waals surface area contributed by atoms with Crippen LogP contribution >= 0.6 is 0 Å². The molecule has 0 aliphatic heterocycles. The van der Waals surface area contributed by atoms with Crippen molar-refractivity contribution in [1.82, 2.24) is 4.72 Å². The van der Waals surface area contributed by atoms with Crippen molar-refractivity contribution in [3.63, 3.8) is 0 Å². The molecule has 1 rings (SSSR count). The molecule has 0 aliphatic rings. The van der Waals surface area contributed by atoms with E-state index in [2.05, 4.69) is 4.72 Å². The number of ether oxygens (including phenoxy) is 2. The fourth-order valence-electron chi connectivity index (χ4n) is 1.76. The lowest BCUT2D eigenvalue weighted by atomic mass is 10.1. The Bertz CT molecular complexity index is 515. The third-order valence-electron chi connectivity index (χ3n) is 2.76. The van der Waals surface area contributed by atoms with Crippen molar-refractivity contribution < 1.29 is 23.0 Å². The molecule has 7 heteroatoms. The SMILES string of the molecule is COCCCNS(=O)(=O)c1ccc(OC)cc1CCO. The van der Waals surface area contributed by atoms with Gasteiger partial charge in [0.25, 0.3) is 0 Å². The minimum Gasteiger partial charge on any atom is -0.497 e. The van der Waals surface area contributed by atoms with E-state index in [1.807, 2.05) is 0 Å². The van der Waals surface area contributed by atoms with Crippen molar-refractivity contribution >= 4 is 10.0 Å². The van der Waals surface area contributed by atoms with Crippen LogP contribution < -0.4 is 9.46 Å². The Balaban J connectivity index is 2.92. The zero-order valence-electron chi connectivity index (χ0n) is 11.8. The molecule has 0 saturated heterocycles. The molecule has 0 unspecified atom stereocenters. The third kappa shape index (κ3) is 4.75. The standard InChI is InChI=1S/C13H21NO5S/c1-18-9-3-7-14-20(16,17)13-5-4-12(19-2)10-11(13)6-8-15/h4-5,10,14-15H,3,6-9H2,1-2H3. The quantitative estimate of drug-likeness (QED) is 0.651. The van der Waals surface area contributed by atoms with Crippen molar-refractivity contribution in [3.8, 4) is 5.75 Å². The zero-order chi connectivity index (χ0) is 15.0. The number of nitrogens with one attached hydrogen (secondary N) is 1. The Kier molecular flexibility index (Phi) is 6.94. The van der Waals surface area contributed by atoms with Gasteiger partial charge in [0.15, 0.2) is 0 Å². The van der Waals surface area contributed by atoms with Crippen molar-refractivity contribution in [2.45, 2.75) is 17.7 Å². The average molecular weight is 303 g/mol. The topological polar surface area (TPSA) is 84.9 Å². The van der Waals surface area contributed by atoms with Crippen LogP contribution in [-0.2, 0) is 21.2 Å². The monoisotopic (exact) mass is 303 g/mol. The zero-order valence-corrected chi connectivity index (χ0v) is 12.6. The van der Waals surface area contributed by atoms with Crippen LogP contribution in [0.5, 0.6) is 5.75 Å². The first kappa shape index (κ1) is 16.9. The molecule has 0 aromatic heterocycles. The molecule has 0 fully saturated rings. The molecule has 0 amide bonds. The molecule has 1 aromatic carbocycles. The molecule has 0 bridgehead atoms. The Labute approximate surface area is 119 Å².